The zero-order chi connectivity index (χ0) is 12.7. The normalized spacial score (nSPS) is 12.5. The van der Waals surface area contributed by atoms with Crippen molar-refractivity contribution in [1.29, 1.82) is 0 Å². The predicted octanol–water partition coefficient (Wildman–Crippen LogP) is 2.77. The van der Waals surface area contributed by atoms with Crippen LogP contribution in [0.2, 0.25) is 5.02 Å². The van der Waals surface area contributed by atoms with Crippen LogP contribution in [0.4, 0.5) is 0 Å². The first-order valence-electron chi connectivity index (χ1n) is 5.89. The molecule has 4 heteroatoms. The molecule has 0 saturated carbocycles. The molecule has 0 saturated heterocycles. The Bertz CT molecular complexity index is 344. The molecule has 0 radical (unpaired) electrons. The number of hydrogen-bond donors (Lipinski definition) is 2. The zero-order valence-corrected chi connectivity index (χ0v) is 11.1. The van der Waals surface area contributed by atoms with E-state index < -0.39 is 0 Å². The van der Waals surface area contributed by atoms with Crippen LogP contribution in [0.15, 0.2) is 18.2 Å². The fourth-order valence-electron chi connectivity index (χ4n) is 1.54. The van der Waals surface area contributed by atoms with Crippen molar-refractivity contribution < 1.29 is 9.84 Å². The van der Waals surface area contributed by atoms with Gasteiger partial charge in [0.2, 0.25) is 0 Å². The van der Waals surface area contributed by atoms with Gasteiger partial charge >= 0.3 is 0 Å². The van der Waals surface area contributed by atoms with Crippen molar-refractivity contribution in [3.05, 3.63) is 28.8 Å². The molecule has 0 aliphatic rings. The standard InChI is InChI=1S/C13H20ClNO2/c1-10(15-2)12-9-11(14)5-6-13(12)17-8-4-3-7-16/h5-6,9-10,15-16H,3-4,7-8H2,1-2H3. The van der Waals surface area contributed by atoms with Crippen LogP contribution in [0.25, 0.3) is 0 Å². The fraction of sp³-hybridized carbons (Fsp3) is 0.538. The van der Waals surface area contributed by atoms with E-state index in [2.05, 4.69) is 12.2 Å². The third-order valence-corrected chi connectivity index (χ3v) is 2.92. The Balaban J connectivity index is 2.69. The van der Waals surface area contributed by atoms with Gasteiger partial charge in [0.25, 0.3) is 0 Å². The second kappa shape index (κ2) is 7.54. The number of halogens is 1. The molecule has 0 aromatic heterocycles. The second-order valence-corrected chi connectivity index (χ2v) is 4.41. The van der Waals surface area contributed by atoms with Crippen molar-refractivity contribution in [3.63, 3.8) is 0 Å². The zero-order valence-electron chi connectivity index (χ0n) is 10.4. The highest BCUT2D eigenvalue weighted by atomic mass is 35.5. The molecule has 0 spiro atoms. The number of hydrogen-bond acceptors (Lipinski definition) is 3. The molecule has 0 heterocycles. The molecular weight excluding hydrogens is 238 g/mol. The maximum absolute atomic E-state index is 8.70. The molecule has 17 heavy (non-hydrogen) atoms. The molecule has 96 valence electrons. The number of ether oxygens (including phenoxy) is 1. The Hall–Kier alpha value is -0.770. The fourth-order valence-corrected chi connectivity index (χ4v) is 1.72. The van der Waals surface area contributed by atoms with Crippen LogP contribution in [0.3, 0.4) is 0 Å². The van der Waals surface area contributed by atoms with Crippen molar-refractivity contribution in [3.8, 4) is 5.75 Å². The number of rotatable bonds is 7. The lowest BCUT2D eigenvalue weighted by atomic mass is 10.1. The Morgan fingerprint density at radius 3 is 2.82 bits per heavy atom. The summed E-state index contributed by atoms with van der Waals surface area (Å²) in [6.07, 6.45) is 1.62. The van der Waals surface area contributed by atoms with Gasteiger partial charge in [-0.1, -0.05) is 11.6 Å². The molecule has 1 unspecified atom stereocenters. The van der Waals surface area contributed by atoms with Crippen LogP contribution < -0.4 is 10.1 Å². The van der Waals surface area contributed by atoms with Gasteiger partial charge in [-0.25, -0.2) is 0 Å². The molecule has 1 rings (SSSR count). The number of aliphatic hydroxyl groups excluding tert-OH is 1. The first-order valence-corrected chi connectivity index (χ1v) is 6.27. The molecule has 0 aliphatic heterocycles. The Morgan fingerprint density at radius 2 is 2.18 bits per heavy atom. The number of nitrogens with one attached hydrogen (secondary N) is 1. The van der Waals surface area contributed by atoms with E-state index in [4.69, 9.17) is 21.4 Å². The third kappa shape index (κ3) is 4.54. The molecule has 0 fully saturated rings. The average molecular weight is 258 g/mol. The van der Waals surface area contributed by atoms with E-state index in [1.165, 1.54) is 0 Å². The van der Waals surface area contributed by atoms with Crippen molar-refractivity contribution in [2.24, 2.45) is 0 Å². The Labute approximate surface area is 108 Å². The predicted molar refractivity (Wildman–Crippen MR) is 70.7 cm³/mol. The summed E-state index contributed by atoms with van der Waals surface area (Å²) in [6, 6.07) is 5.84. The van der Waals surface area contributed by atoms with Crippen LogP contribution in [-0.2, 0) is 0 Å². The lowest BCUT2D eigenvalue weighted by Crippen LogP contribution is -2.14. The van der Waals surface area contributed by atoms with Gasteiger partial charge in [0, 0.05) is 23.2 Å². The Morgan fingerprint density at radius 1 is 1.41 bits per heavy atom. The van der Waals surface area contributed by atoms with E-state index in [1.807, 2.05) is 25.2 Å². The van der Waals surface area contributed by atoms with Crippen LogP contribution in [0.1, 0.15) is 31.4 Å². The van der Waals surface area contributed by atoms with Crippen molar-refractivity contribution in [2.75, 3.05) is 20.3 Å². The topological polar surface area (TPSA) is 41.5 Å². The summed E-state index contributed by atoms with van der Waals surface area (Å²) in [5.74, 6) is 0.856. The molecular formula is C13H20ClNO2. The molecule has 0 aliphatic carbocycles. The van der Waals surface area contributed by atoms with E-state index in [1.54, 1.807) is 0 Å². The van der Waals surface area contributed by atoms with Gasteiger partial charge in [-0.15, -0.1) is 0 Å². The average Bonchev–Trinajstić information content (AvgIpc) is 2.35. The molecule has 0 amide bonds. The summed E-state index contributed by atoms with van der Waals surface area (Å²) >= 11 is 5.99. The minimum atomic E-state index is 0.196. The maximum Gasteiger partial charge on any atom is 0.124 e. The van der Waals surface area contributed by atoms with Gasteiger partial charge in [0.05, 0.1) is 6.61 Å². The molecule has 2 N–H and O–H groups in total. The van der Waals surface area contributed by atoms with E-state index >= 15 is 0 Å². The number of benzene rings is 1. The summed E-state index contributed by atoms with van der Waals surface area (Å²) in [5.41, 5.74) is 1.06. The largest absolute Gasteiger partial charge is 0.493 e. The molecule has 0 bridgehead atoms. The van der Waals surface area contributed by atoms with Crippen LogP contribution in [-0.4, -0.2) is 25.4 Å². The molecule has 3 nitrogen and oxygen atoms in total. The van der Waals surface area contributed by atoms with Crippen molar-refractivity contribution in [1.82, 2.24) is 5.32 Å². The minimum Gasteiger partial charge on any atom is -0.493 e. The maximum atomic E-state index is 8.70. The monoisotopic (exact) mass is 257 g/mol. The lowest BCUT2D eigenvalue weighted by Gasteiger charge is -2.16. The molecule has 1 aromatic carbocycles. The smallest absolute Gasteiger partial charge is 0.124 e. The van der Waals surface area contributed by atoms with E-state index in [-0.39, 0.29) is 12.6 Å². The van der Waals surface area contributed by atoms with E-state index in [0.717, 1.165) is 24.2 Å². The van der Waals surface area contributed by atoms with Crippen molar-refractivity contribution in [2.45, 2.75) is 25.8 Å². The minimum absolute atomic E-state index is 0.196. The van der Waals surface area contributed by atoms with Crippen LogP contribution in [0, 0.1) is 0 Å². The van der Waals surface area contributed by atoms with Gasteiger partial charge in [-0.05, 0) is 45.0 Å². The number of unbranched alkanes of at least 4 members (excludes halogenated alkanes) is 1. The third-order valence-electron chi connectivity index (χ3n) is 2.68. The number of aliphatic hydroxyl groups is 1. The highest BCUT2D eigenvalue weighted by molar-refractivity contribution is 6.30. The first-order chi connectivity index (χ1) is 8.19. The SMILES string of the molecule is CNC(C)c1cc(Cl)ccc1OCCCCO. The van der Waals surface area contributed by atoms with E-state index in [0.29, 0.717) is 11.6 Å². The van der Waals surface area contributed by atoms with Gasteiger partial charge in [-0.3, -0.25) is 0 Å². The van der Waals surface area contributed by atoms with Crippen LogP contribution >= 0.6 is 11.6 Å². The quantitative estimate of drug-likeness (QED) is 0.738. The van der Waals surface area contributed by atoms with Crippen molar-refractivity contribution >= 4 is 11.6 Å². The lowest BCUT2D eigenvalue weighted by molar-refractivity contribution is 0.251. The summed E-state index contributed by atoms with van der Waals surface area (Å²) < 4.78 is 5.71. The first kappa shape index (κ1) is 14.3. The van der Waals surface area contributed by atoms with Gasteiger partial charge in [-0.2, -0.15) is 0 Å². The summed E-state index contributed by atoms with van der Waals surface area (Å²) in [7, 11) is 1.90. The van der Waals surface area contributed by atoms with Crippen LogP contribution in [0.5, 0.6) is 5.75 Å². The Kier molecular flexibility index (Phi) is 6.34. The highest BCUT2D eigenvalue weighted by Crippen LogP contribution is 2.28. The summed E-state index contributed by atoms with van der Waals surface area (Å²) in [6.45, 7) is 2.89. The molecule has 1 atom stereocenters. The van der Waals surface area contributed by atoms with Gasteiger partial charge in [0.1, 0.15) is 5.75 Å². The highest BCUT2D eigenvalue weighted by Gasteiger charge is 2.10. The van der Waals surface area contributed by atoms with Gasteiger partial charge in [0.15, 0.2) is 0 Å². The second-order valence-electron chi connectivity index (χ2n) is 3.97. The van der Waals surface area contributed by atoms with Gasteiger partial charge < -0.3 is 15.2 Å². The molecule has 1 aromatic rings. The summed E-state index contributed by atoms with van der Waals surface area (Å²) in [5, 5.41) is 12.6. The van der Waals surface area contributed by atoms with E-state index in [9.17, 15) is 0 Å². The summed E-state index contributed by atoms with van der Waals surface area (Å²) in [4.78, 5) is 0.